The molecule has 0 saturated heterocycles. The maximum absolute atomic E-state index is 13.3. The van der Waals surface area contributed by atoms with Crippen LogP contribution in [0.1, 0.15) is 36.8 Å². The van der Waals surface area contributed by atoms with Gasteiger partial charge in [-0.25, -0.2) is 0 Å². The molecule has 1 fully saturated rings. The van der Waals surface area contributed by atoms with Crippen LogP contribution in [0.5, 0.6) is 0 Å². The molecule has 2 aromatic rings. The van der Waals surface area contributed by atoms with Crippen LogP contribution >= 0.6 is 0 Å². The molecule has 4 heteroatoms. The Kier molecular flexibility index (Phi) is 5.75. The summed E-state index contributed by atoms with van der Waals surface area (Å²) in [6.07, 6.45) is 5.40. The Labute approximate surface area is 166 Å². The van der Waals surface area contributed by atoms with Crippen molar-refractivity contribution in [1.29, 1.82) is 0 Å². The summed E-state index contributed by atoms with van der Waals surface area (Å²) < 4.78 is 0. The van der Waals surface area contributed by atoms with Crippen molar-refractivity contribution in [2.45, 2.75) is 38.5 Å². The zero-order valence-electron chi connectivity index (χ0n) is 16.3. The lowest BCUT2D eigenvalue weighted by Crippen LogP contribution is -2.45. The van der Waals surface area contributed by atoms with Gasteiger partial charge in [-0.15, -0.1) is 0 Å². The zero-order chi connectivity index (χ0) is 19.3. The van der Waals surface area contributed by atoms with E-state index in [0.717, 1.165) is 50.8 Å². The standard InChI is InChI=1S/C24H28N2O2/c27-23(25-16-14-18-8-2-1-3-9-18)20-11-5-6-12-21(20)24(28)26-17-15-19-10-4-7-13-22(19)26/h1-4,7-10,13,20-21H,5-6,11-12,14-17H2,(H,25,27). The van der Waals surface area contributed by atoms with Gasteiger partial charge in [0.1, 0.15) is 0 Å². The summed E-state index contributed by atoms with van der Waals surface area (Å²) in [4.78, 5) is 28.1. The van der Waals surface area contributed by atoms with Gasteiger partial charge in [0.05, 0.1) is 5.92 Å². The summed E-state index contributed by atoms with van der Waals surface area (Å²) in [5.41, 5.74) is 3.48. The molecular weight excluding hydrogens is 348 g/mol. The number of carbonyl (C=O) groups is 2. The number of amides is 2. The number of para-hydroxylation sites is 1. The summed E-state index contributed by atoms with van der Waals surface area (Å²) in [6, 6.07) is 18.3. The van der Waals surface area contributed by atoms with E-state index in [1.807, 2.05) is 41.3 Å². The van der Waals surface area contributed by atoms with E-state index >= 15 is 0 Å². The zero-order valence-corrected chi connectivity index (χ0v) is 16.3. The van der Waals surface area contributed by atoms with E-state index in [1.165, 1.54) is 11.1 Å². The van der Waals surface area contributed by atoms with Crippen LogP contribution in [-0.4, -0.2) is 24.9 Å². The van der Waals surface area contributed by atoms with Crippen molar-refractivity contribution in [3.05, 3.63) is 65.7 Å². The lowest BCUT2D eigenvalue weighted by atomic mass is 9.77. The van der Waals surface area contributed by atoms with Crippen molar-refractivity contribution in [1.82, 2.24) is 5.32 Å². The van der Waals surface area contributed by atoms with Crippen LogP contribution in [0.3, 0.4) is 0 Å². The number of carbonyl (C=O) groups excluding carboxylic acids is 2. The molecular formula is C24H28N2O2. The number of hydrogen-bond acceptors (Lipinski definition) is 2. The molecule has 0 radical (unpaired) electrons. The van der Waals surface area contributed by atoms with E-state index in [0.29, 0.717) is 6.54 Å². The molecule has 2 aromatic carbocycles. The smallest absolute Gasteiger partial charge is 0.230 e. The first-order valence-electron chi connectivity index (χ1n) is 10.4. The third-order valence-corrected chi connectivity index (χ3v) is 6.13. The van der Waals surface area contributed by atoms with Gasteiger partial charge in [0.25, 0.3) is 0 Å². The van der Waals surface area contributed by atoms with Crippen LogP contribution in [-0.2, 0) is 22.4 Å². The van der Waals surface area contributed by atoms with Crippen LogP contribution < -0.4 is 10.2 Å². The second kappa shape index (κ2) is 8.59. The van der Waals surface area contributed by atoms with Crippen LogP contribution in [0, 0.1) is 11.8 Å². The average Bonchev–Trinajstić information content (AvgIpc) is 3.18. The minimum atomic E-state index is -0.204. The fourth-order valence-electron chi connectivity index (χ4n) is 4.61. The van der Waals surface area contributed by atoms with Crippen molar-refractivity contribution in [2.24, 2.45) is 11.8 Å². The Morgan fingerprint density at radius 2 is 1.64 bits per heavy atom. The van der Waals surface area contributed by atoms with Gasteiger partial charge in [-0.05, 0) is 42.9 Å². The third-order valence-electron chi connectivity index (χ3n) is 6.13. The Hall–Kier alpha value is -2.62. The number of fused-ring (bicyclic) bond motifs is 1. The molecule has 4 rings (SSSR count). The molecule has 0 aromatic heterocycles. The number of nitrogens with one attached hydrogen (secondary N) is 1. The fourth-order valence-corrected chi connectivity index (χ4v) is 4.61. The van der Waals surface area contributed by atoms with E-state index in [2.05, 4.69) is 23.5 Å². The van der Waals surface area contributed by atoms with Gasteiger partial charge in [0, 0.05) is 24.7 Å². The minimum Gasteiger partial charge on any atom is -0.356 e. The third kappa shape index (κ3) is 3.96. The van der Waals surface area contributed by atoms with Gasteiger partial charge in [0.15, 0.2) is 0 Å². The lowest BCUT2D eigenvalue weighted by molar-refractivity contribution is -0.135. The summed E-state index contributed by atoms with van der Waals surface area (Å²) in [7, 11) is 0. The van der Waals surface area contributed by atoms with Crippen molar-refractivity contribution in [3.8, 4) is 0 Å². The molecule has 0 bridgehead atoms. The first-order chi connectivity index (χ1) is 13.7. The van der Waals surface area contributed by atoms with E-state index in [4.69, 9.17) is 0 Å². The number of nitrogens with zero attached hydrogens (tertiary/aromatic N) is 1. The first kappa shape index (κ1) is 18.7. The molecule has 4 nitrogen and oxygen atoms in total. The van der Waals surface area contributed by atoms with Gasteiger partial charge >= 0.3 is 0 Å². The summed E-state index contributed by atoms with van der Waals surface area (Å²) in [6.45, 7) is 1.35. The highest BCUT2D eigenvalue weighted by Crippen LogP contribution is 2.35. The molecule has 1 aliphatic heterocycles. The van der Waals surface area contributed by atoms with Crippen molar-refractivity contribution in [2.75, 3.05) is 18.0 Å². The molecule has 1 aliphatic carbocycles. The molecule has 2 unspecified atom stereocenters. The van der Waals surface area contributed by atoms with Gasteiger partial charge < -0.3 is 10.2 Å². The summed E-state index contributed by atoms with van der Waals surface area (Å²) >= 11 is 0. The highest BCUT2D eigenvalue weighted by Gasteiger charge is 2.39. The van der Waals surface area contributed by atoms with Crippen molar-refractivity contribution in [3.63, 3.8) is 0 Å². The second-order valence-corrected chi connectivity index (χ2v) is 7.89. The molecule has 0 spiro atoms. The number of hydrogen-bond donors (Lipinski definition) is 1. The molecule has 2 amide bonds. The predicted octanol–water partition coefficient (Wildman–Crippen LogP) is 3.74. The second-order valence-electron chi connectivity index (χ2n) is 7.89. The normalized spacial score (nSPS) is 21.2. The van der Waals surface area contributed by atoms with E-state index in [-0.39, 0.29) is 23.7 Å². The average molecular weight is 377 g/mol. The minimum absolute atomic E-state index is 0.0430. The topological polar surface area (TPSA) is 49.4 Å². The Morgan fingerprint density at radius 3 is 2.46 bits per heavy atom. The van der Waals surface area contributed by atoms with E-state index < -0.39 is 0 Å². The number of anilines is 1. The van der Waals surface area contributed by atoms with Gasteiger partial charge in [0.2, 0.25) is 11.8 Å². The lowest BCUT2D eigenvalue weighted by Gasteiger charge is -2.32. The fraction of sp³-hybridized carbons (Fsp3) is 0.417. The van der Waals surface area contributed by atoms with Crippen molar-refractivity contribution < 1.29 is 9.59 Å². The highest BCUT2D eigenvalue weighted by molar-refractivity contribution is 5.99. The molecule has 2 aliphatic rings. The largest absolute Gasteiger partial charge is 0.356 e. The maximum atomic E-state index is 13.3. The quantitative estimate of drug-likeness (QED) is 0.864. The van der Waals surface area contributed by atoms with Crippen LogP contribution in [0.4, 0.5) is 5.69 Å². The SMILES string of the molecule is O=C(NCCc1ccccc1)C1CCCCC1C(=O)N1CCc2ccccc21. The van der Waals surface area contributed by atoms with Crippen LogP contribution in [0.15, 0.2) is 54.6 Å². The maximum Gasteiger partial charge on any atom is 0.230 e. The monoisotopic (exact) mass is 376 g/mol. The Bertz CT molecular complexity index is 834. The molecule has 1 heterocycles. The Morgan fingerprint density at radius 1 is 0.929 bits per heavy atom. The number of rotatable bonds is 5. The van der Waals surface area contributed by atoms with Gasteiger partial charge in [-0.1, -0.05) is 61.4 Å². The summed E-state index contributed by atoms with van der Waals surface area (Å²) in [5.74, 6) is -0.226. The number of benzene rings is 2. The Balaban J connectivity index is 1.40. The molecule has 1 N–H and O–H groups in total. The predicted molar refractivity (Wildman–Crippen MR) is 111 cm³/mol. The summed E-state index contributed by atoms with van der Waals surface area (Å²) in [5, 5.41) is 3.09. The molecule has 146 valence electrons. The van der Waals surface area contributed by atoms with Gasteiger partial charge in [-0.3, -0.25) is 9.59 Å². The van der Waals surface area contributed by atoms with Crippen molar-refractivity contribution >= 4 is 17.5 Å². The van der Waals surface area contributed by atoms with Gasteiger partial charge in [-0.2, -0.15) is 0 Å². The highest BCUT2D eigenvalue weighted by atomic mass is 16.2. The molecule has 2 atom stereocenters. The molecule has 28 heavy (non-hydrogen) atoms. The van der Waals surface area contributed by atoms with E-state index in [1.54, 1.807) is 0 Å². The first-order valence-corrected chi connectivity index (χ1v) is 10.4. The van der Waals surface area contributed by atoms with E-state index in [9.17, 15) is 9.59 Å². The van der Waals surface area contributed by atoms with Crippen LogP contribution in [0.2, 0.25) is 0 Å². The van der Waals surface area contributed by atoms with Crippen LogP contribution in [0.25, 0.3) is 0 Å². The molecule has 1 saturated carbocycles.